The molecule has 0 unspecified atom stereocenters. The fraction of sp³-hybridized carbons (Fsp3) is 0.250. The number of unbranched alkanes of at least 4 members (excludes halogenated alkanes) is 1. The summed E-state index contributed by atoms with van der Waals surface area (Å²) in [6.07, 6.45) is -1.90. The summed E-state index contributed by atoms with van der Waals surface area (Å²) >= 11 is 0. The molecule has 14 heteroatoms. The first-order chi connectivity index (χ1) is 21.9. The van der Waals surface area contributed by atoms with Crippen molar-refractivity contribution in [3.8, 4) is 28.9 Å². The molecule has 0 spiro atoms. The Hall–Kier alpha value is -5.40. The van der Waals surface area contributed by atoms with Crippen LogP contribution >= 0.6 is 0 Å². The van der Waals surface area contributed by atoms with Crippen LogP contribution in [0.1, 0.15) is 35.8 Å². The molecular formula is C32H28F4N4O6. The van der Waals surface area contributed by atoms with Crippen molar-refractivity contribution in [2.24, 2.45) is 7.05 Å². The van der Waals surface area contributed by atoms with Crippen LogP contribution in [0.25, 0.3) is 21.8 Å². The molecule has 0 atom stereocenters. The maximum absolute atomic E-state index is 15.2. The number of carbonyl (C=O) groups excluding carboxylic acids is 1. The van der Waals surface area contributed by atoms with Crippen molar-refractivity contribution in [2.45, 2.75) is 33.1 Å². The van der Waals surface area contributed by atoms with Crippen LogP contribution in [0.2, 0.25) is 0 Å². The lowest BCUT2D eigenvalue weighted by Crippen LogP contribution is -2.26. The Morgan fingerprint density at radius 3 is 2.48 bits per heavy atom. The normalized spacial score (nSPS) is 11.5. The third kappa shape index (κ3) is 6.65. The SMILES string of the molecule is CCCCOc1cc2ncnc(Oc3ccc(NC(=O)c4c(C)n(C)c5ccc(OC(F)(F)F)cc5c4=O)cc3F)c2cc1OC. The van der Waals surface area contributed by atoms with Crippen molar-refractivity contribution < 1.29 is 41.3 Å². The zero-order valence-electron chi connectivity index (χ0n) is 25.1. The summed E-state index contributed by atoms with van der Waals surface area (Å²) < 4.78 is 76.0. The fourth-order valence-electron chi connectivity index (χ4n) is 4.78. The second-order valence-electron chi connectivity index (χ2n) is 10.2. The first-order valence-electron chi connectivity index (χ1n) is 14.0. The van der Waals surface area contributed by atoms with Gasteiger partial charge < -0.3 is 28.8 Å². The number of fused-ring (bicyclic) bond motifs is 2. The number of aryl methyl sites for hydroxylation is 1. The maximum Gasteiger partial charge on any atom is 0.573 e. The molecule has 0 aliphatic rings. The number of benzene rings is 3. The third-order valence-electron chi connectivity index (χ3n) is 7.16. The molecule has 3 aromatic carbocycles. The average Bonchev–Trinajstić information content (AvgIpc) is 3.00. The summed E-state index contributed by atoms with van der Waals surface area (Å²) in [4.78, 5) is 34.9. The molecule has 1 amide bonds. The van der Waals surface area contributed by atoms with Gasteiger partial charge in [0.25, 0.3) is 5.91 Å². The summed E-state index contributed by atoms with van der Waals surface area (Å²) in [7, 11) is 3.04. The number of amides is 1. The number of carbonyl (C=O) groups is 1. The van der Waals surface area contributed by atoms with Crippen molar-refractivity contribution in [3.63, 3.8) is 0 Å². The van der Waals surface area contributed by atoms with E-state index in [2.05, 4.69) is 20.0 Å². The lowest BCUT2D eigenvalue weighted by atomic mass is 10.1. The largest absolute Gasteiger partial charge is 0.573 e. The van der Waals surface area contributed by atoms with Gasteiger partial charge in [-0.05, 0) is 49.7 Å². The smallest absolute Gasteiger partial charge is 0.493 e. The van der Waals surface area contributed by atoms with Crippen LogP contribution in [0, 0.1) is 12.7 Å². The fourth-order valence-corrected chi connectivity index (χ4v) is 4.78. The predicted molar refractivity (Wildman–Crippen MR) is 162 cm³/mol. The summed E-state index contributed by atoms with van der Waals surface area (Å²) in [5.74, 6) is -1.61. The van der Waals surface area contributed by atoms with Gasteiger partial charge in [0.2, 0.25) is 11.3 Å². The number of halogens is 4. The standard InChI is InChI=1S/C32H28F4N4O6/c1-5-6-11-44-27-15-23-20(14-26(27)43-4)31(38-16-37-23)45-25-10-7-18(12-22(25)33)39-30(42)28-17(2)40(3)24-9-8-19(46-32(34,35)36)13-21(24)29(28)41/h7-10,12-16H,5-6,11H2,1-4H3,(H,39,42). The van der Waals surface area contributed by atoms with Gasteiger partial charge in [0.15, 0.2) is 23.1 Å². The minimum absolute atomic E-state index is 0.00589. The van der Waals surface area contributed by atoms with E-state index in [1.165, 1.54) is 43.1 Å². The highest BCUT2D eigenvalue weighted by molar-refractivity contribution is 6.07. The first kappa shape index (κ1) is 32.0. The molecule has 0 saturated heterocycles. The quantitative estimate of drug-likeness (QED) is 0.128. The zero-order chi connectivity index (χ0) is 33.2. The Balaban J connectivity index is 1.40. The van der Waals surface area contributed by atoms with E-state index >= 15 is 4.39 Å². The second kappa shape index (κ2) is 12.9. The van der Waals surface area contributed by atoms with E-state index in [0.29, 0.717) is 29.0 Å². The number of anilines is 1. The Labute approximate surface area is 259 Å². The van der Waals surface area contributed by atoms with E-state index < -0.39 is 29.3 Å². The molecule has 1 N–H and O–H groups in total. The minimum atomic E-state index is -4.97. The number of nitrogens with zero attached hydrogens (tertiary/aromatic N) is 3. The molecule has 240 valence electrons. The van der Waals surface area contributed by atoms with Gasteiger partial charge in [-0.15, -0.1) is 13.2 Å². The highest BCUT2D eigenvalue weighted by Crippen LogP contribution is 2.37. The number of alkyl halides is 3. The summed E-state index contributed by atoms with van der Waals surface area (Å²) in [6, 6.07) is 10.2. The van der Waals surface area contributed by atoms with Crippen LogP contribution < -0.4 is 29.7 Å². The van der Waals surface area contributed by atoms with Crippen molar-refractivity contribution in [3.05, 3.63) is 82.2 Å². The van der Waals surface area contributed by atoms with Gasteiger partial charge in [-0.3, -0.25) is 9.59 Å². The zero-order valence-corrected chi connectivity index (χ0v) is 25.1. The Bertz CT molecular complexity index is 2010. The van der Waals surface area contributed by atoms with Crippen molar-refractivity contribution >= 4 is 33.4 Å². The van der Waals surface area contributed by atoms with E-state index in [4.69, 9.17) is 14.2 Å². The number of methoxy groups -OCH3 is 1. The van der Waals surface area contributed by atoms with Crippen LogP contribution in [-0.2, 0) is 7.05 Å². The van der Waals surface area contributed by atoms with Crippen molar-refractivity contribution in [1.29, 1.82) is 0 Å². The maximum atomic E-state index is 15.2. The second-order valence-corrected chi connectivity index (χ2v) is 10.2. The molecule has 0 aliphatic carbocycles. The number of nitrogens with one attached hydrogen (secondary N) is 1. The predicted octanol–water partition coefficient (Wildman–Crippen LogP) is 7.06. The molecule has 10 nitrogen and oxygen atoms in total. The molecule has 2 heterocycles. The molecule has 5 rings (SSSR count). The van der Waals surface area contributed by atoms with Gasteiger partial charge in [-0.25, -0.2) is 14.4 Å². The topological polar surface area (TPSA) is 114 Å². The van der Waals surface area contributed by atoms with E-state index in [0.717, 1.165) is 31.0 Å². The Kier molecular flexibility index (Phi) is 8.98. The molecule has 0 fully saturated rings. The van der Waals surface area contributed by atoms with Gasteiger partial charge in [-0.1, -0.05) is 13.3 Å². The lowest BCUT2D eigenvalue weighted by Gasteiger charge is -2.16. The van der Waals surface area contributed by atoms with Gasteiger partial charge in [0, 0.05) is 30.6 Å². The molecule has 0 aliphatic heterocycles. The third-order valence-corrected chi connectivity index (χ3v) is 7.16. The summed E-state index contributed by atoms with van der Waals surface area (Å²) in [5.41, 5.74) is -0.152. The average molecular weight is 641 g/mol. The molecule has 0 saturated carbocycles. The van der Waals surface area contributed by atoms with Crippen LogP contribution in [-0.4, -0.2) is 40.5 Å². The molecule has 46 heavy (non-hydrogen) atoms. The van der Waals surface area contributed by atoms with Crippen LogP contribution in [0.15, 0.2) is 59.7 Å². The van der Waals surface area contributed by atoms with E-state index in [-0.39, 0.29) is 39.5 Å². The molecule has 2 aromatic heterocycles. The Morgan fingerprint density at radius 2 is 1.78 bits per heavy atom. The number of pyridine rings is 1. The summed E-state index contributed by atoms with van der Waals surface area (Å²) in [5, 5.41) is 2.75. The van der Waals surface area contributed by atoms with E-state index in [1.807, 2.05) is 6.92 Å². The molecular weight excluding hydrogens is 612 g/mol. The van der Waals surface area contributed by atoms with Crippen molar-refractivity contribution in [1.82, 2.24) is 14.5 Å². The number of rotatable bonds is 10. The van der Waals surface area contributed by atoms with Gasteiger partial charge in [0.1, 0.15) is 17.6 Å². The van der Waals surface area contributed by atoms with Gasteiger partial charge in [-0.2, -0.15) is 0 Å². The monoisotopic (exact) mass is 640 g/mol. The number of ether oxygens (including phenoxy) is 4. The van der Waals surface area contributed by atoms with E-state index in [9.17, 15) is 22.8 Å². The van der Waals surface area contributed by atoms with Gasteiger partial charge >= 0.3 is 6.36 Å². The van der Waals surface area contributed by atoms with Gasteiger partial charge in [0.05, 0.1) is 35.5 Å². The molecule has 0 radical (unpaired) electrons. The van der Waals surface area contributed by atoms with Crippen LogP contribution in [0.5, 0.6) is 28.9 Å². The highest BCUT2D eigenvalue weighted by atomic mass is 19.4. The Morgan fingerprint density at radius 1 is 1.00 bits per heavy atom. The number of hydrogen-bond donors (Lipinski definition) is 1. The number of aromatic nitrogens is 3. The lowest BCUT2D eigenvalue weighted by molar-refractivity contribution is -0.274. The molecule has 0 bridgehead atoms. The van der Waals surface area contributed by atoms with Crippen LogP contribution in [0.4, 0.5) is 23.2 Å². The number of hydrogen-bond acceptors (Lipinski definition) is 8. The first-order valence-corrected chi connectivity index (χ1v) is 14.0. The molecule has 5 aromatic rings. The van der Waals surface area contributed by atoms with E-state index in [1.54, 1.807) is 19.2 Å². The highest BCUT2D eigenvalue weighted by Gasteiger charge is 2.31. The van der Waals surface area contributed by atoms with Crippen molar-refractivity contribution in [2.75, 3.05) is 19.0 Å². The van der Waals surface area contributed by atoms with Crippen LogP contribution in [0.3, 0.4) is 0 Å². The summed E-state index contributed by atoms with van der Waals surface area (Å²) in [6.45, 7) is 4.05. The minimum Gasteiger partial charge on any atom is -0.493 e.